The summed E-state index contributed by atoms with van der Waals surface area (Å²) in [5.74, 6) is -0.487. The van der Waals surface area contributed by atoms with Gasteiger partial charge >= 0.3 is 0 Å². The molecule has 0 unspecified atom stereocenters. The van der Waals surface area contributed by atoms with E-state index >= 15 is 0 Å². The topological polar surface area (TPSA) is 102 Å². The molecule has 1 aliphatic rings. The summed E-state index contributed by atoms with van der Waals surface area (Å²) >= 11 is 6.06. The van der Waals surface area contributed by atoms with E-state index < -0.39 is 21.7 Å². The molecule has 7 nitrogen and oxygen atoms in total. The summed E-state index contributed by atoms with van der Waals surface area (Å²) in [5, 5.41) is 0.651. The molecule has 9 heteroatoms. The lowest BCUT2D eigenvalue weighted by atomic mass is 10.1. The van der Waals surface area contributed by atoms with Crippen LogP contribution in [0.3, 0.4) is 0 Å². The molecule has 0 aromatic heterocycles. The number of rotatable bonds is 5. The largest absolute Gasteiger partial charge is 0.484 e. The van der Waals surface area contributed by atoms with E-state index in [1.807, 2.05) is 13.8 Å². The molecule has 1 fully saturated rings. The number of ether oxygens (including phenoxy) is 1. The fourth-order valence-corrected chi connectivity index (χ4v) is 4.63. The maximum Gasteiger partial charge on any atom is 0.276 e. The zero-order chi connectivity index (χ0) is 18.6. The van der Waals surface area contributed by atoms with Crippen LogP contribution in [0.2, 0.25) is 5.02 Å². The fourth-order valence-electron chi connectivity index (χ4n) is 2.66. The summed E-state index contributed by atoms with van der Waals surface area (Å²) in [6.45, 7) is 3.41. The van der Waals surface area contributed by atoms with Gasteiger partial charge in [0.05, 0.1) is 11.5 Å². The Balaban J connectivity index is 1.73. The number of aryl methyl sites for hydroxylation is 2. The fraction of sp³-hybridized carbons (Fsp3) is 0.500. The number of carbonyl (C=O) groups excluding carboxylic acids is 2. The minimum absolute atomic E-state index is 0.0206. The standard InChI is InChI=1S/C16H21ClN2O5S/c1-10-5-13(6-11(2)16(10)17)24-8-15(21)19-18-14(20)7-12-3-4-25(22,23)9-12/h5-6,12H,3-4,7-9H2,1-2H3,(H,18,20)(H,19,21)/t12-/m1/s1. The van der Waals surface area contributed by atoms with Crippen molar-refractivity contribution < 1.29 is 22.7 Å². The summed E-state index contributed by atoms with van der Waals surface area (Å²) in [7, 11) is -3.02. The molecule has 1 aromatic carbocycles. The number of hydrogen-bond acceptors (Lipinski definition) is 5. The van der Waals surface area contributed by atoms with Gasteiger partial charge in [-0.05, 0) is 49.4 Å². The van der Waals surface area contributed by atoms with E-state index in [9.17, 15) is 18.0 Å². The van der Waals surface area contributed by atoms with Gasteiger partial charge < -0.3 is 4.74 Å². The summed E-state index contributed by atoms with van der Waals surface area (Å²) in [5.41, 5.74) is 6.21. The average Bonchev–Trinajstić information content (AvgIpc) is 2.87. The van der Waals surface area contributed by atoms with Crippen molar-refractivity contribution >= 4 is 33.3 Å². The van der Waals surface area contributed by atoms with E-state index in [4.69, 9.17) is 16.3 Å². The molecule has 0 saturated carbocycles. The lowest BCUT2D eigenvalue weighted by Gasteiger charge is -2.12. The number of sulfone groups is 1. The summed E-state index contributed by atoms with van der Waals surface area (Å²) < 4.78 is 28.1. The molecule has 25 heavy (non-hydrogen) atoms. The van der Waals surface area contributed by atoms with Gasteiger partial charge in [-0.2, -0.15) is 0 Å². The number of hydrogen-bond donors (Lipinski definition) is 2. The van der Waals surface area contributed by atoms with Crippen molar-refractivity contribution in [2.75, 3.05) is 18.1 Å². The lowest BCUT2D eigenvalue weighted by Crippen LogP contribution is -2.44. The van der Waals surface area contributed by atoms with Crippen molar-refractivity contribution in [3.05, 3.63) is 28.3 Å². The Hall–Kier alpha value is -1.80. The Labute approximate surface area is 152 Å². The first-order valence-electron chi connectivity index (χ1n) is 7.84. The summed E-state index contributed by atoms with van der Waals surface area (Å²) in [6, 6.07) is 3.45. The molecule has 138 valence electrons. The minimum atomic E-state index is -3.02. The monoisotopic (exact) mass is 388 g/mol. The highest BCUT2D eigenvalue weighted by atomic mass is 35.5. The zero-order valence-corrected chi connectivity index (χ0v) is 15.7. The number of nitrogens with one attached hydrogen (secondary N) is 2. The minimum Gasteiger partial charge on any atom is -0.484 e. The zero-order valence-electron chi connectivity index (χ0n) is 14.1. The van der Waals surface area contributed by atoms with E-state index in [2.05, 4.69) is 10.9 Å². The van der Waals surface area contributed by atoms with Gasteiger partial charge in [0, 0.05) is 11.4 Å². The Morgan fingerprint density at radius 3 is 2.36 bits per heavy atom. The first-order chi connectivity index (χ1) is 11.7. The van der Waals surface area contributed by atoms with Crippen molar-refractivity contribution in [3.63, 3.8) is 0 Å². The quantitative estimate of drug-likeness (QED) is 0.740. The number of benzene rings is 1. The Kier molecular flexibility index (Phi) is 6.29. The Morgan fingerprint density at radius 2 is 1.80 bits per heavy atom. The third-order valence-electron chi connectivity index (χ3n) is 3.92. The number of carbonyl (C=O) groups is 2. The maximum absolute atomic E-state index is 11.7. The van der Waals surface area contributed by atoms with Gasteiger partial charge in [-0.1, -0.05) is 11.6 Å². The molecule has 1 aliphatic heterocycles. The number of hydrazine groups is 1. The third kappa shape index (κ3) is 5.89. The maximum atomic E-state index is 11.7. The van der Waals surface area contributed by atoms with Crippen LogP contribution in [0, 0.1) is 19.8 Å². The molecule has 2 amide bonds. The molecule has 0 aliphatic carbocycles. The van der Waals surface area contributed by atoms with Gasteiger partial charge in [-0.3, -0.25) is 20.4 Å². The van der Waals surface area contributed by atoms with E-state index in [-0.39, 0.29) is 30.5 Å². The molecule has 1 aromatic rings. The summed E-state index contributed by atoms with van der Waals surface area (Å²) in [6.07, 6.45) is 0.540. The first-order valence-corrected chi connectivity index (χ1v) is 10.0. The highest BCUT2D eigenvalue weighted by molar-refractivity contribution is 7.91. The molecule has 0 radical (unpaired) electrons. The van der Waals surface area contributed by atoms with Crippen LogP contribution in [-0.4, -0.2) is 38.3 Å². The van der Waals surface area contributed by atoms with Crippen LogP contribution in [-0.2, 0) is 19.4 Å². The Bertz CT molecular complexity index is 756. The van der Waals surface area contributed by atoms with Crippen LogP contribution in [0.25, 0.3) is 0 Å². The van der Waals surface area contributed by atoms with E-state index in [1.165, 1.54) is 0 Å². The molecular formula is C16H21ClN2O5S. The summed E-state index contributed by atoms with van der Waals surface area (Å²) in [4.78, 5) is 23.5. The van der Waals surface area contributed by atoms with Gasteiger partial charge in [-0.15, -0.1) is 0 Å². The van der Waals surface area contributed by atoms with Gasteiger partial charge in [0.25, 0.3) is 5.91 Å². The molecule has 1 atom stereocenters. The number of amides is 2. The van der Waals surface area contributed by atoms with E-state index in [1.54, 1.807) is 12.1 Å². The third-order valence-corrected chi connectivity index (χ3v) is 6.36. The first kappa shape index (κ1) is 19.5. The van der Waals surface area contributed by atoms with Gasteiger partial charge in [0.15, 0.2) is 16.4 Å². The smallest absolute Gasteiger partial charge is 0.276 e. The average molecular weight is 389 g/mol. The number of halogens is 1. The van der Waals surface area contributed by atoms with Crippen LogP contribution in [0.15, 0.2) is 12.1 Å². The van der Waals surface area contributed by atoms with Crippen LogP contribution in [0.5, 0.6) is 5.75 Å². The van der Waals surface area contributed by atoms with Crippen LogP contribution in [0.4, 0.5) is 0 Å². The van der Waals surface area contributed by atoms with Crippen LogP contribution < -0.4 is 15.6 Å². The second-order valence-corrected chi connectivity index (χ2v) is 8.84. The second kappa shape index (κ2) is 8.05. The van der Waals surface area contributed by atoms with Crippen LogP contribution >= 0.6 is 11.6 Å². The van der Waals surface area contributed by atoms with Crippen LogP contribution in [0.1, 0.15) is 24.0 Å². The van der Waals surface area contributed by atoms with Crippen molar-refractivity contribution in [1.82, 2.24) is 10.9 Å². The normalized spacial score (nSPS) is 18.6. The lowest BCUT2D eigenvalue weighted by molar-refractivity contribution is -0.130. The molecule has 2 N–H and O–H groups in total. The van der Waals surface area contributed by atoms with Gasteiger partial charge in [0.2, 0.25) is 5.91 Å². The van der Waals surface area contributed by atoms with Crippen molar-refractivity contribution in [1.29, 1.82) is 0 Å². The van der Waals surface area contributed by atoms with Gasteiger partial charge in [0.1, 0.15) is 5.75 Å². The predicted octanol–water partition coefficient (Wildman–Crippen LogP) is 1.31. The molecule has 0 bridgehead atoms. The van der Waals surface area contributed by atoms with Gasteiger partial charge in [-0.25, -0.2) is 8.42 Å². The SMILES string of the molecule is Cc1cc(OCC(=O)NNC(=O)C[C@H]2CCS(=O)(=O)C2)cc(C)c1Cl. The predicted molar refractivity (Wildman–Crippen MR) is 94.1 cm³/mol. The van der Waals surface area contributed by atoms with Crippen molar-refractivity contribution in [2.45, 2.75) is 26.7 Å². The van der Waals surface area contributed by atoms with E-state index in [0.29, 0.717) is 17.2 Å². The Morgan fingerprint density at radius 1 is 1.20 bits per heavy atom. The van der Waals surface area contributed by atoms with Crippen molar-refractivity contribution in [3.8, 4) is 5.75 Å². The van der Waals surface area contributed by atoms with E-state index in [0.717, 1.165) is 11.1 Å². The molecular weight excluding hydrogens is 368 g/mol. The molecule has 1 heterocycles. The molecule has 0 spiro atoms. The highest BCUT2D eigenvalue weighted by Crippen LogP contribution is 2.25. The highest BCUT2D eigenvalue weighted by Gasteiger charge is 2.29. The van der Waals surface area contributed by atoms with Crippen molar-refractivity contribution in [2.24, 2.45) is 5.92 Å². The molecule has 1 saturated heterocycles. The second-order valence-electron chi connectivity index (χ2n) is 6.23. The molecule has 2 rings (SSSR count).